The van der Waals surface area contributed by atoms with E-state index in [-0.39, 0.29) is 18.9 Å². The van der Waals surface area contributed by atoms with Gasteiger partial charge in [-0.3, -0.25) is 9.36 Å². The zero-order valence-corrected chi connectivity index (χ0v) is 20.4. The standard InChI is InChI=1S/C26H31N7O2/c1-32-15-20(12-28-32)18-7-6-8-19(11-18)25-27-14-22(21-13-29-33(2)16-21)26(31-25)30-23-9-4-5-10-24(23)35-17-34-3/h6-8,11-16,23-24H,4-5,9-10,17H2,1-3H3,(H,27,30,31). The van der Waals surface area contributed by atoms with E-state index in [9.17, 15) is 0 Å². The van der Waals surface area contributed by atoms with Gasteiger partial charge < -0.3 is 14.8 Å². The van der Waals surface area contributed by atoms with Crippen LogP contribution in [0.3, 0.4) is 0 Å². The summed E-state index contributed by atoms with van der Waals surface area (Å²) in [5.41, 5.74) is 4.96. The first-order valence-corrected chi connectivity index (χ1v) is 11.9. The zero-order chi connectivity index (χ0) is 24.2. The topological polar surface area (TPSA) is 91.9 Å². The summed E-state index contributed by atoms with van der Waals surface area (Å²) >= 11 is 0. The summed E-state index contributed by atoms with van der Waals surface area (Å²) in [4.78, 5) is 9.75. The highest BCUT2D eigenvalue weighted by molar-refractivity contribution is 5.76. The van der Waals surface area contributed by atoms with Gasteiger partial charge in [0.25, 0.3) is 0 Å². The lowest BCUT2D eigenvalue weighted by Gasteiger charge is -2.32. The fourth-order valence-electron chi connectivity index (χ4n) is 4.60. The lowest BCUT2D eigenvalue weighted by molar-refractivity contribution is -0.0857. The Bertz CT molecular complexity index is 1280. The molecule has 0 saturated heterocycles. The number of benzene rings is 1. The van der Waals surface area contributed by atoms with E-state index < -0.39 is 0 Å². The van der Waals surface area contributed by atoms with Crippen molar-refractivity contribution in [1.29, 1.82) is 0 Å². The van der Waals surface area contributed by atoms with Gasteiger partial charge in [0.05, 0.1) is 24.5 Å². The van der Waals surface area contributed by atoms with Crippen LogP contribution in [0.2, 0.25) is 0 Å². The lowest BCUT2D eigenvalue weighted by atomic mass is 9.92. The minimum atomic E-state index is 0.0674. The van der Waals surface area contributed by atoms with Crippen LogP contribution in [-0.2, 0) is 23.6 Å². The molecule has 0 amide bonds. The fraction of sp³-hybridized carbons (Fsp3) is 0.385. The Hall–Kier alpha value is -3.56. The number of aromatic nitrogens is 6. The molecule has 0 radical (unpaired) electrons. The number of hydrogen-bond acceptors (Lipinski definition) is 7. The van der Waals surface area contributed by atoms with Gasteiger partial charge in [-0.05, 0) is 24.5 Å². The van der Waals surface area contributed by atoms with Crippen molar-refractivity contribution in [2.75, 3.05) is 19.2 Å². The van der Waals surface area contributed by atoms with Crippen molar-refractivity contribution in [3.05, 3.63) is 55.2 Å². The minimum Gasteiger partial charge on any atom is -0.364 e. The van der Waals surface area contributed by atoms with Crippen molar-refractivity contribution in [2.45, 2.75) is 37.8 Å². The molecule has 2 unspecified atom stereocenters. The molecule has 2 atom stereocenters. The van der Waals surface area contributed by atoms with E-state index in [1.165, 1.54) is 0 Å². The second kappa shape index (κ2) is 10.4. The Kier molecular flexibility index (Phi) is 6.87. The molecule has 9 nitrogen and oxygen atoms in total. The molecule has 0 spiro atoms. The van der Waals surface area contributed by atoms with E-state index in [2.05, 4.69) is 27.6 Å². The van der Waals surface area contributed by atoms with Gasteiger partial charge in [0.2, 0.25) is 0 Å². The first-order chi connectivity index (χ1) is 17.1. The van der Waals surface area contributed by atoms with E-state index in [0.29, 0.717) is 5.82 Å². The Labute approximate surface area is 205 Å². The molecule has 35 heavy (non-hydrogen) atoms. The van der Waals surface area contributed by atoms with Crippen LogP contribution in [0.15, 0.2) is 55.2 Å². The van der Waals surface area contributed by atoms with Crippen molar-refractivity contribution >= 4 is 5.82 Å². The lowest BCUT2D eigenvalue weighted by Crippen LogP contribution is -2.39. The normalized spacial score (nSPS) is 18.0. The second-order valence-electron chi connectivity index (χ2n) is 8.99. The van der Waals surface area contributed by atoms with Crippen LogP contribution in [0.5, 0.6) is 0 Å². The highest BCUT2D eigenvalue weighted by Gasteiger charge is 2.27. The molecule has 1 aromatic carbocycles. The van der Waals surface area contributed by atoms with E-state index in [4.69, 9.17) is 19.4 Å². The number of ether oxygens (including phenoxy) is 2. The molecule has 4 aromatic rings. The number of methoxy groups -OCH3 is 1. The van der Waals surface area contributed by atoms with Crippen LogP contribution in [0.4, 0.5) is 5.82 Å². The molecule has 1 fully saturated rings. The Balaban J connectivity index is 1.51. The predicted octanol–water partition coefficient (Wildman–Crippen LogP) is 4.29. The highest BCUT2D eigenvalue weighted by atomic mass is 16.7. The molecule has 182 valence electrons. The van der Waals surface area contributed by atoms with E-state index >= 15 is 0 Å². The maximum Gasteiger partial charge on any atom is 0.161 e. The molecule has 9 heteroatoms. The van der Waals surface area contributed by atoms with Gasteiger partial charge in [-0.25, -0.2) is 9.97 Å². The summed E-state index contributed by atoms with van der Waals surface area (Å²) in [5.74, 6) is 1.45. The van der Waals surface area contributed by atoms with Crippen molar-refractivity contribution in [1.82, 2.24) is 29.5 Å². The number of aryl methyl sites for hydroxylation is 2. The van der Waals surface area contributed by atoms with Crippen molar-refractivity contribution in [3.8, 4) is 33.6 Å². The van der Waals surface area contributed by atoms with Gasteiger partial charge in [-0.15, -0.1) is 0 Å². The monoisotopic (exact) mass is 473 g/mol. The van der Waals surface area contributed by atoms with Gasteiger partial charge in [0.15, 0.2) is 5.82 Å². The van der Waals surface area contributed by atoms with E-state index in [1.54, 1.807) is 16.5 Å². The molecule has 1 aliphatic carbocycles. The highest BCUT2D eigenvalue weighted by Crippen LogP contribution is 2.32. The predicted molar refractivity (Wildman–Crippen MR) is 134 cm³/mol. The molecular weight excluding hydrogens is 442 g/mol. The van der Waals surface area contributed by atoms with Gasteiger partial charge in [-0.1, -0.05) is 31.0 Å². The first-order valence-electron chi connectivity index (χ1n) is 11.9. The molecule has 1 saturated carbocycles. The van der Waals surface area contributed by atoms with Crippen molar-refractivity contribution < 1.29 is 9.47 Å². The number of nitrogens with one attached hydrogen (secondary N) is 1. The quantitative estimate of drug-likeness (QED) is 0.382. The third-order valence-corrected chi connectivity index (χ3v) is 6.39. The summed E-state index contributed by atoms with van der Waals surface area (Å²) in [7, 11) is 5.48. The SMILES string of the molecule is COCOC1CCCCC1Nc1nc(-c2cccc(-c3cnn(C)c3)c2)ncc1-c1cnn(C)c1. The number of hydrogen-bond donors (Lipinski definition) is 1. The van der Waals surface area contributed by atoms with Gasteiger partial charge in [0.1, 0.15) is 12.6 Å². The number of rotatable bonds is 8. The average Bonchev–Trinajstić information content (AvgIpc) is 3.52. The smallest absolute Gasteiger partial charge is 0.161 e. The molecule has 5 rings (SSSR count). The van der Waals surface area contributed by atoms with Crippen molar-refractivity contribution in [2.24, 2.45) is 14.1 Å². The third-order valence-electron chi connectivity index (χ3n) is 6.39. The van der Waals surface area contributed by atoms with Crippen molar-refractivity contribution in [3.63, 3.8) is 0 Å². The summed E-state index contributed by atoms with van der Waals surface area (Å²) in [5, 5.41) is 12.3. The molecule has 1 aliphatic rings. The fourth-order valence-corrected chi connectivity index (χ4v) is 4.60. The molecule has 0 aliphatic heterocycles. The maximum atomic E-state index is 6.00. The van der Waals surface area contributed by atoms with Gasteiger partial charge in [-0.2, -0.15) is 10.2 Å². The van der Waals surface area contributed by atoms with Crippen LogP contribution in [-0.4, -0.2) is 55.6 Å². The maximum absolute atomic E-state index is 6.00. The molecular formula is C26H31N7O2. The number of nitrogens with zero attached hydrogens (tertiary/aromatic N) is 6. The van der Waals surface area contributed by atoms with E-state index in [1.807, 2.05) is 57.2 Å². The third kappa shape index (κ3) is 5.26. The molecule has 3 aromatic heterocycles. The molecule has 0 bridgehead atoms. The van der Waals surface area contributed by atoms with Crippen LogP contribution in [0.1, 0.15) is 25.7 Å². The van der Waals surface area contributed by atoms with Crippen LogP contribution in [0, 0.1) is 0 Å². The average molecular weight is 474 g/mol. The van der Waals surface area contributed by atoms with Gasteiger partial charge in [0, 0.05) is 62.0 Å². The first kappa shape index (κ1) is 23.2. The second-order valence-corrected chi connectivity index (χ2v) is 8.99. The van der Waals surface area contributed by atoms with Crippen LogP contribution < -0.4 is 5.32 Å². The molecule has 1 N–H and O–H groups in total. The summed E-state index contributed by atoms with van der Waals surface area (Å²) < 4.78 is 14.8. The summed E-state index contributed by atoms with van der Waals surface area (Å²) in [6.45, 7) is 0.286. The van der Waals surface area contributed by atoms with E-state index in [0.717, 1.165) is 59.3 Å². The minimum absolute atomic E-state index is 0.0674. The Morgan fingerprint density at radius 1 is 0.943 bits per heavy atom. The summed E-state index contributed by atoms with van der Waals surface area (Å²) in [6.07, 6.45) is 13.9. The molecule has 3 heterocycles. The zero-order valence-electron chi connectivity index (χ0n) is 20.4. The summed E-state index contributed by atoms with van der Waals surface area (Å²) in [6, 6.07) is 8.38. The number of anilines is 1. The largest absolute Gasteiger partial charge is 0.364 e. The van der Waals surface area contributed by atoms with Gasteiger partial charge >= 0.3 is 0 Å². The Morgan fingerprint density at radius 2 is 1.69 bits per heavy atom. The van der Waals surface area contributed by atoms with Crippen LogP contribution in [0.25, 0.3) is 33.6 Å². The Morgan fingerprint density at radius 3 is 2.43 bits per heavy atom. The van der Waals surface area contributed by atoms with Crippen LogP contribution >= 0.6 is 0 Å².